The molecule has 1 rings (SSSR count). The Morgan fingerprint density at radius 3 is 2.39 bits per heavy atom. The van der Waals surface area contributed by atoms with Crippen LogP contribution in [0.15, 0.2) is 0 Å². The van der Waals surface area contributed by atoms with Gasteiger partial charge < -0.3 is 5.32 Å². The Bertz CT molecular complexity index is 257. The third-order valence-corrected chi connectivity index (χ3v) is 4.89. The van der Waals surface area contributed by atoms with Crippen LogP contribution in [-0.4, -0.2) is 12.6 Å². The Morgan fingerprint density at radius 2 is 1.83 bits per heavy atom. The number of hydrogen-bond donors (Lipinski definition) is 1. The van der Waals surface area contributed by atoms with Gasteiger partial charge in [-0.15, -0.1) is 0 Å². The van der Waals surface area contributed by atoms with Crippen molar-refractivity contribution in [3.05, 3.63) is 0 Å². The van der Waals surface area contributed by atoms with Crippen LogP contribution in [0, 0.1) is 22.7 Å². The molecular formula is C16H30N2. The molecule has 0 amide bonds. The minimum absolute atomic E-state index is 0.526. The molecule has 0 spiro atoms. The first-order chi connectivity index (χ1) is 8.60. The van der Waals surface area contributed by atoms with E-state index in [1.165, 1.54) is 32.1 Å². The molecule has 0 radical (unpaired) electrons. The molecule has 0 aromatic rings. The average molecular weight is 250 g/mol. The number of hydrogen-bond acceptors (Lipinski definition) is 2. The van der Waals surface area contributed by atoms with Crippen LogP contribution in [0.1, 0.15) is 72.1 Å². The Morgan fingerprint density at radius 1 is 1.17 bits per heavy atom. The first kappa shape index (κ1) is 15.5. The molecule has 1 saturated carbocycles. The predicted molar refractivity (Wildman–Crippen MR) is 77.3 cm³/mol. The molecule has 2 heteroatoms. The van der Waals surface area contributed by atoms with Gasteiger partial charge in [0.05, 0.1) is 6.07 Å². The molecule has 0 aromatic heterocycles. The van der Waals surface area contributed by atoms with E-state index < -0.39 is 0 Å². The van der Waals surface area contributed by atoms with E-state index in [2.05, 4.69) is 32.2 Å². The van der Waals surface area contributed by atoms with Crippen LogP contribution < -0.4 is 5.32 Å². The van der Waals surface area contributed by atoms with Gasteiger partial charge in [-0.2, -0.15) is 5.26 Å². The maximum absolute atomic E-state index is 8.47. The highest BCUT2D eigenvalue weighted by atomic mass is 14.9. The van der Waals surface area contributed by atoms with Gasteiger partial charge in [-0.3, -0.25) is 0 Å². The second kappa shape index (κ2) is 7.79. The molecular weight excluding hydrogens is 220 g/mol. The van der Waals surface area contributed by atoms with Crippen LogP contribution in [0.25, 0.3) is 0 Å². The fourth-order valence-electron chi connectivity index (χ4n) is 3.00. The smallest absolute Gasteiger partial charge is 0.0621 e. The molecule has 18 heavy (non-hydrogen) atoms. The van der Waals surface area contributed by atoms with Gasteiger partial charge in [-0.25, -0.2) is 0 Å². The van der Waals surface area contributed by atoms with Crippen molar-refractivity contribution in [1.29, 1.82) is 5.26 Å². The quantitative estimate of drug-likeness (QED) is 0.685. The van der Waals surface area contributed by atoms with Crippen LogP contribution in [0.2, 0.25) is 0 Å². The highest BCUT2D eigenvalue weighted by molar-refractivity contribution is 4.84. The molecule has 1 N–H and O–H groups in total. The molecule has 0 bridgehead atoms. The Balaban J connectivity index is 2.14. The van der Waals surface area contributed by atoms with Crippen molar-refractivity contribution in [2.75, 3.05) is 6.54 Å². The van der Waals surface area contributed by atoms with E-state index in [-0.39, 0.29) is 0 Å². The van der Waals surface area contributed by atoms with Crippen molar-refractivity contribution in [2.24, 2.45) is 11.3 Å². The van der Waals surface area contributed by atoms with Crippen LogP contribution in [0.5, 0.6) is 0 Å². The maximum atomic E-state index is 8.47. The Hall–Kier alpha value is -0.550. The zero-order valence-corrected chi connectivity index (χ0v) is 12.5. The minimum Gasteiger partial charge on any atom is -0.314 e. The van der Waals surface area contributed by atoms with Gasteiger partial charge in [0, 0.05) is 12.5 Å². The summed E-state index contributed by atoms with van der Waals surface area (Å²) in [5.74, 6) is 0.916. The Labute approximate surface area is 113 Å². The normalized spacial score (nSPS) is 24.8. The molecule has 1 aliphatic carbocycles. The predicted octanol–water partition coefficient (Wildman–Crippen LogP) is 4.26. The SMILES string of the molecule is CCC(C)(C)C1CCC(NCCCCC#N)CC1. The number of nitrogens with one attached hydrogen (secondary N) is 1. The summed E-state index contributed by atoms with van der Waals surface area (Å²) in [6.07, 6.45) is 9.64. The van der Waals surface area contributed by atoms with Gasteiger partial charge in [0.2, 0.25) is 0 Å². The maximum Gasteiger partial charge on any atom is 0.0621 e. The van der Waals surface area contributed by atoms with E-state index in [0.717, 1.165) is 31.3 Å². The van der Waals surface area contributed by atoms with Gasteiger partial charge in [0.1, 0.15) is 0 Å². The van der Waals surface area contributed by atoms with E-state index >= 15 is 0 Å². The lowest BCUT2D eigenvalue weighted by Crippen LogP contribution is -2.37. The molecule has 1 fully saturated rings. The summed E-state index contributed by atoms with van der Waals surface area (Å²) in [6.45, 7) is 8.26. The lowest BCUT2D eigenvalue weighted by Gasteiger charge is -2.39. The number of nitrogens with zero attached hydrogens (tertiary/aromatic N) is 1. The van der Waals surface area contributed by atoms with Gasteiger partial charge in [-0.1, -0.05) is 27.2 Å². The van der Waals surface area contributed by atoms with Crippen LogP contribution in [0.4, 0.5) is 0 Å². The second-order valence-electron chi connectivity index (χ2n) is 6.46. The fourth-order valence-corrected chi connectivity index (χ4v) is 3.00. The first-order valence-electron chi connectivity index (χ1n) is 7.70. The van der Waals surface area contributed by atoms with Crippen LogP contribution in [-0.2, 0) is 0 Å². The summed E-state index contributed by atoms with van der Waals surface area (Å²) >= 11 is 0. The van der Waals surface area contributed by atoms with Crippen molar-refractivity contribution >= 4 is 0 Å². The van der Waals surface area contributed by atoms with Gasteiger partial charge in [-0.05, 0) is 56.4 Å². The van der Waals surface area contributed by atoms with Crippen molar-refractivity contribution in [3.63, 3.8) is 0 Å². The lowest BCUT2D eigenvalue weighted by molar-refractivity contribution is 0.137. The van der Waals surface area contributed by atoms with E-state index in [9.17, 15) is 0 Å². The summed E-state index contributed by atoms with van der Waals surface area (Å²) in [5, 5.41) is 12.1. The highest BCUT2D eigenvalue weighted by Gasteiger charge is 2.31. The van der Waals surface area contributed by atoms with Gasteiger partial charge in [0.15, 0.2) is 0 Å². The molecule has 2 nitrogen and oxygen atoms in total. The van der Waals surface area contributed by atoms with E-state index in [0.29, 0.717) is 11.8 Å². The first-order valence-corrected chi connectivity index (χ1v) is 7.70. The number of nitriles is 1. The zero-order valence-electron chi connectivity index (χ0n) is 12.5. The molecule has 0 saturated heterocycles. The summed E-state index contributed by atoms with van der Waals surface area (Å²) in [6, 6.07) is 2.94. The molecule has 104 valence electrons. The van der Waals surface area contributed by atoms with Crippen LogP contribution >= 0.6 is 0 Å². The topological polar surface area (TPSA) is 35.8 Å². The molecule has 1 aliphatic rings. The van der Waals surface area contributed by atoms with E-state index in [4.69, 9.17) is 5.26 Å². The summed E-state index contributed by atoms with van der Waals surface area (Å²) in [4.78, 5) is 0. The number of unbranched alkanes of at least 4 members (excludes halogenated alkanes) is 2. The molecule has 0 atom stereocenters. The highest BCUT2D eigenvalue weighted by Crippen LogP contribution is 2.40. The van der Waals surface area contributed by atoms with Crippen molar-refractivity contribution < 1.29 is 0 Å². The molecule has 0 aliphatic heterocycles. The van der Waals surface area contributed by atoms with E-state index in [1.54, 1.807) is 0 Å². The van der Waals surface area contributed by atoms with Crippen molar-refractivity contribution in [1.82, 2.24) is 5.32 Å². The Kier molecular flexibility index (Phi) is 6.71. The summed E-state index contributed by atoms with van der Waals surface area (Å²) < 4.78 is 0. The molecule has 0 heterocycles. The van der Waals surface area contributed by atoms with Gasteiger partial charge >= 0.3 is 0 Å². The summed E-state index contributed by atoms with van der Waals surface area (Å²) in [5.41, 5.74) is 0.526. The average Bonchev–Trinajstić information content (AvgIpc) is 2.39. The lowest BCUT2D eigenvalue weighted by atomic mass is 9.69. The van der Waals surface area contributed by atoms with Gasteiger partial charge in [0.25, 0.3) is 0 Å². The third-order valence-electron chi connectivity index (χ3n) is 4.89. The minimum atomic E-state index is 0.526. The van der Waals surface area contributed by atoms with Crippen molar-refractivity contribution in [3.8, 4) is 6.07 Å². The standard InChI is InChI=1S/C16H30N2/c1-4-16(2,3)14-8-10-15(11-9-14)18-13-7-5-6-12-17/h14-15,18H,4-11,13H2,1-3H3. The zero-order chi connectivity index (χ0) is 13.4. The largest absolute Gasteiger partial charge is 0.314 e. The molecule has 0 aromatic carbocycles. The second-order valence-corrected chi connectivity index (χ2v) is 6.46. The molecule has 0 unspecified atom stereocenters. The van der Waals surface area contributed by atoms with E-state index in [1.807, 2.05) is 0 Å². The third kappa shape index (κ3) is 4.98. The summed E-state index contributed by atoms with van der Waals surface area (Å²) in [7, 11) is 0. The van der Waals surface area contributed by atoms with Crippen LogP contribution in [0.3, 0.4) is 0 Å². The fraction of sp³-hybridized carbons (Fsp3) is 0.938. The monoisotopic (exact) mass is 250 g/mol. The van der Waals surface area contributed by atoms with Crippen molar-refractivity contribution in [2.45, 2.75) is 78.2 Å². The number of rotatable bonds is 7.